The van der Waals surface area contributed by atoms with Gasteiger partial charge in [-0.15, -0.1) is 70.6 Å². The van der Waals surface area contributed by atoms with Gasteiger partial charge in [-0.05, 0) is 103 Å². The van der Waals surface area contributed by atoms with Crippen LogP contribution in [0.15, 0.2) is 77.9 Å². The second-order valence-corrected chi connectivity index (χ2v) is 41.6. The molecule has 0 atom stereocenters. The molecule has 2 N–H and O–H groups in total. The molecule has 665 valence electrons. The lowest BCUT2D eigenvalue weighted by Gasteiger charge is -2.19. The van der Waals surface area contributed by atoms with Crippen molar-refractivity contribution in [3.05, 3.63) is 54.6 Å². The van der Waals surface area contributed by atoms with Gasteiger partial charge in [-0.1, -0.05) is 490 Å². The Morgan fingerprint density at radius 3 is 0.578 bits per heavy atom. The second-order valence-electron chi connectivity index (χ2n) is 34.9. The van der Waals surface area contributed by atoms with Crippen LogP contribution in [0, 0.1) is 6.07 Å². The molecule has 4 rings (SSSR count). The summed E-state index contributed by atoms with van der Waals surface area (Å²) in [6.45, 7) is 14.0. The third kappa shape index (κ3) is 60.0. The highest BCUT2D eigenvalue weighted by molar-refractivity contribution is 8.04. The number of unbranched alkanes of at least 4 members (excludes halogenated alkanes) is 66. The smallest absolute Gasteiger partial charge is 0.232 e. The van der Waals surface area contributed by atoms with Crippen molar-refractivity contribution >= 4 is 93.8 Å². The third-order valence-electron chi connectivity index (χ3n) is 23.7. The van der Waals surface area contributed by atoms with E-state index in [4.69, 9.17) is 15.0 Å². The maximum atomic E-state index is 5.41. The fraction of sp³-hybridized carbons (Fsp3) is 0.800. The number of benzene rings is 3. The molecule has 0 spiro atoms. The lowest BCUT2D eigenvalue weighted by atomic mass is 10.1. The molecule has 0 bridgehead atoms. The molecule has 0 saturated heterocycles. The zero-order valence-electron chi connectivity index (χ0n) is 77.1. The highest BCUT2D eigenvalue weighted by Gasteiger charge is 2.20. The molecule has 0 unspecified atom stereocenters. The van der Waals surface area contributed by atoms with Crippen LogP contribution in [0.25, 0.3) is 11.4 Å². The van der Waals surface area contributed by atoms with E-state index in [0.29, 0.717) is 17.7 Å². The molecule has 116 heavy (non-hydrogen) atoms. The van der Waals surface area contributed by atoms with Gasteiger partial charge in [0.15, 0.2) is 5.82 Å². The Morgan fingerprint density at radius 2 is 0.388 bits per heavy atom. The minimum absolute atomic E-state index is 0.591. The van der Waals surface area contributed by atoms with Gasteiger partial charge < -0.3 is 10.6 Å². The van der Waals surface area contributed by atoms with Crippen LogP contribution in [0.4, 0.5) is 23.3 Å². The Balaban J connectivity index is 1.69. The van der Waals surface area contributed by atoms with E-state index in [-0.39, 0.29) is 0 Å². The first-order valence-corrected chi connectivity index (χ1v) is 56.8. The molecular weight excluding hydrogens is 1520 g/mol. The van der Waals surface area contributed by atoms with Crippen LogP contribution in [0.3, 0.4) is 0 Å². The van der Waals surface area contributed by atoms with Crippen molar-refractivity contribution in [3.63, 3.8) is 0 Å². The number of hydrogen-bond donors (Lipinski definition) is 2. The van der Waals surface area contributed by atoms with Crippen molar-refractivity contribution in [1.82, 2.24) is 15.0 Å². The standard InChI is InChI=1S/C105H184N5S6/c1-7-13-19-25-31-37-43-49-55-61-67-76-84-111-97-90-95(91-98(112-85-77-68-62-56-50-44-38-32-26-20-14-8-2)101(97)115-88-80-71-65-59-53-47-41-35-29-23-17-11-5)106-104-108-103(94-82-74-73-75-83-94)109-105(110-104)107-96-92-99(113-86-78-69-63-57-51-45-39-33-27-21-15-9-3)102(116-89-81-72-66-60-54-48-42-36-30-24-18-12-6)100(93-96)114-87-79-70-64-58-52-46-40-34-28-22-16-10-4/h74-75,82-83,90-93H,7-72,76-81,84-89H2,1-6H3,(H2,106,107,108,109,110). The van der Waals surface area contributed by atoms with E-state index in [1.165, 1.54) is 503 Å². The van der Waals surface area contributed by atoms with Gasteiger partial charge in [0.2, 0.25) is 11.9 Å². The fourth-order valence-electron chi connectivity index (χ4n) is 16.2. The zero-order chi connectivity index (χ0) is 82.2. The molecule has 1 aromatic heterocycles. The number of nitrogens with one attached hydrogen (secondary N) is 2. The van der Waals surface area contributed by atoms with Crippen LogP contribution >= 0.6 is 70.6 Å². The first-order valence-electron chi connectivity index (χ1n) is 50.9. The van der Waals surface area contributed by atoms with Crippen LogP contribution in [-0.4, -0.2) is 49.5 Å². The lowest BCUT2D eigenvalue weighted by molar-refractivity contribution is 0.548. The normalized spacial score (nSPS) is 11.7. The molecule has 3 aromatic carbocycles. The molecule has 0 fully saturated rings. The summed E-state index contributed by atoms with van der Waals surface area (Å²) >= 11 is 12.8. The molecule has 4 aromatic rings. The molecule has 0 saturated carbocycles. The second kappa shape index (κ2) is 81.7. The Kier molecular flexibility index (Phi) is 75.2. The lowest BCUT2D eigenvalue weighted by Crippen LogP contribution is -2.06. The van der Waals surface area contributed by atoms with E-state index in [1.807, 2.05) is 12.1 Å². The number of hydrogen-bond acceptors (Lipinski definition) is 11. The van der Waals surface area contributed by atoms with Gasteiger partial charge in [-0.2, -0.15) is 15.0 Å². The van der Waals surface area contributed by atoms with Gasteiger partial charge in [-0.25, -0.2) is 0 Å². The van der Waals surface area contributed by atoms with E-state index in [9.17, 15) is 0 Å². The Labute approximate surface area is 747 Å². The van der Waals surface area contributed by atoms with E-state index >= 15 is 0 Å². The zero-order valence-corrected chi connectivity index (χ0v) is 82.0. The molecule has 0 aliphatic heterocycles. The summed E-state index contributed by atoms with van der Waals surface area (Å²) in [7, 11) is 0. The summed E-state index contributed by atoms with van der Waals surface area (Å²) in [6, 6.07) is 21.4. The summed E-state index contributed by atoms with van der Waals surface area (Å²) in [5, 5.41) is 7.86. The summed E-state index contributed by atoms with van der Waals surface area (Å²) in [6.07, 6.45) is 99.6. The summed E-state index contributed by atoms with van der Waals surface area (Å²) < 4.78 is 0. The number of rotatable bonds is 89. The minimum Gasteiger partial charge on any atom is -0.324 e. The van der Waals surface area contributed by atoms with Crippen LogP contribution in [0.2, 0.25) is 0 Å². The van der Waals surface area contributed by atoms with Crippen molar-refractivity contribution in [3.8, 4) is 11.4 Å². The fourth-order valence-corrected chi connectivity index (χ4v) is 23.7. The van der Waals surface area contributed by atoms with Crippen LogP contribution < -0.4 is 10.6 Å². The molecule has 1 radical (unpaired) electrons. The van der Waals surface area contributed by atoms with Gasteiger partial charge >= 0.3 is 0 Å². The topological polar surface area (TPSA) is 62.7 Å². The minimum atomic E-state index is 0.591. The summed E-state index contributed by atoms with van der Waals surface area (Å²) in [5.41, 5.74) is 3.14. The predicted octanol–water partition coefficient (Wildman–Crippen LogP) is 39.6. The van der Waals surface area contributed by atoms with Crippen molar-refractivity contribution in [2.45, 2.75) is 533 Å². The number of anilines is 4. The van der Waals surface area contributed by atoms with Gasteiger partial charge in [0.25, 0.3) is 0 Å². The predicted molar refractivity (Wildman–Crippen MR) is 534 cm³/mol. The van der Waals surface area contributed by atoms with Gasteiger partial charge in [0.05, 0.1) is 0 Å². The quantitative estimate of drug-likeness (QED) is 0.0328. The summed E-state index contributed by atoms with van der Waals surface area (Å²) in [5.74, 6) is 8.84. The molecular formula is C105H184N5S6. The molecule has 0 aliphatic rings. The van der Waals surface area contributed by atoms with E-state index < -0.39 is 0 Å². The van der Waals surface area contributed by atoms with Gasteiger partial charge in [0.1, 0.15) is 0 Å². The molecule has 1 heterocycles. The molecule has 0 amide bonds. The van der Waals surface area contributed by atoms with E-state index in [1.54, 1.807) is 0 Å². The first-order chi connectivity index (χ1) is 57.5. The number of thioether (sulfide) groups is 6. The van der Waals surface area contributed by atoms with Crippen molar-refractivity contribution in [2.24, 2.45) is 0 Å². The molecule has 0 aliphatic carbocycles. The Morgan fingerprint density at radius 1 is 0.216 bits per heavy atom. The highest BCUT2D eigenvalue weighted by Crippen LogP contribution is 2.45. The van der Waals surface area contributed by atoms with E-state index in [0.717, 1.165) is 39.9 Å². The average Bonchev–Trinajstić information content (AvgIpc) is 0.824. The molecule has 11 heteroatoms. The van der Waals surface area contributed by atoms with Crippen LogP contribution in [0.5, 0.6) is 0 Å². The first kappa shape index (κ1) is 107. The van der Waals surface area contributed by atoms with Crippen LogP contribution in [-0.2, 0) is 0 Å². The SMILES string of the molecule is CCCCCCCCCCCCCCSc1cc(Nc2nc(Nc3cc(SCCCCCCCCCCCCCC)c(SCCCCCCCCCCCCCC)c(SCCCCCCCCCCCCCC)c3)nc(-c3cc[c]cc3)n2)cc(SCCCCCCCCCCCCCC)c1SCCCCCCCCCCCCCC. The third-order valence-corrected chi connectivity index (χ3v) is 31.1. The van der Waals surface area contributed by atoms with Gasteiger partial charge in [0, 0.05) is 46.3 Å². The average molecular weight is 1710 g/mol. The van der Waals surface area contributed by atoms with Gasteiger partial charge in [-0.3, -0.25) is 0 Å². The van der Waals surface area contributed by atoms with Crippen molar-refractivity contribution in [1.29, 1.82) is 0 Å². The van der Waals surface area contributed by atoms with Crippen molar-refractivity contribution < 1.29 is 0 Å². The monoisotopic (exact) mass is 1710 g/mol. The maximum Gasteiger partial charge on any atom is 0.232 e. The van der Waals surface area contributed by atoms with Crippen LogP contribution in [0.1, 0.15) is 504 Å². The summed E-state index contributed by atoms with van der Waals surface area (Å²) in [4.78, 5) is 24.8. The number of aromatic nitrogens is 3. The Bertz CT molecular complexity index is 2500. The Hall–Kier alpha value is -1.63. The molecule has 5 nitrogen and oxygen atoms in total. The highest BCUT2D eigenvalue weighted by atomic mass is 32.2. The largest absolute Gasteiger partial charge is 0.324 e. The number of nitrogens with zero attached hydrogens (tertiary/aromatic N) is 3. The van der Waals surface area contributed by atoms with E-state index in [2.05, 4.69) is 165 Å². The van der Waals surface area contributed by atoms with Crippen molar-refractivity contribution in [2.75, 3.05) is 45.2 Å². The maximum absolute atomic E-state index is 5.41.